The molecule has 0 bridgehead atoms. The van der Waals surface area contributed by atoms with Crippen LogP contribution in [-0.4, -0.2) is 38.5 Å². The molecule has 1 amide bonds. The lowest BCUT2D eigenvalue weighted by atomic mass is 10.2. The average Bonchev–Trinajstić information content (AvgIpc) is 3.34. The van der Waals surface area contributed by atoms with Gasteiger partial charge in [-0.1, -0.05) is 47.4 Å². The maximum atomic E-state index is 12.4. The van der Waals surface area contributed by atoms with Crippen molar-refractivity contribution in [3.05, 3.63) is 53.9 Å². The molecular weight excluding hydrogens is 434 g/mol. The van der Waals surface area contributed by atoms with Crippen molar-refractivity contribution in [2.75, 3.05) is 18.2 Å². The monoisotopic (exact) mass is 455 g/mol. The number of hydrogen-bond donors (Lipinski definition) is 1. The number of aromatic nitrogens is 4. The number of fused-ring (bicyclic) bond motifs is 1. The molecular formula is C21H21N5O3S2. The van der Waals surface area contributed by atoms with Crippen LogP contribution in [0.15, 0.2) is 47.6 Å². The van der Waals surface area contributed by atoms with Gasteiger partial charge in [-0.15, -0.1) is 10.2 Å². The van der Waals surface area contributed by atoms with Gasteiger partial charge < -0.3 is 19.4 Å². The number of hydrogen-bond acceptors (Lipinski definition) is 8. The fraction of sp³-hybridized carbons (Fsp3) is 0.238. The topological polar surface area (TPSA) is 91.2 Å². The van der Waals surface area contributed by atoms with Crippen LogP contribution in [0.1, 0.15) is 11.4 Å². The minimum absolute atomic E-state index is 0.142. The van der Waals surface area contributed by atoms with E-state index in [1.165, 1.54) is 23.1 Å². The van der Waals surface area contributed by atoms with E-state index < -0.39 is 0 Å². The van der Waals surface area contributed by atoms with Crippen LogP contribution in [0.3, 0.4) is 0 Å². The highest BCUT2D eigenvalue weighted by molar-refractivity contribution is 7.99. The Morgan fingerprint density at radius 3 is 2.74 bits per heavy atom. The number of nitrogens with one attached hydrogen (secondary N) is 1. The maximum Gasteiger partial charge on any atom is 0.236 e. The third-order valence-electron chi connectivity index (χ3n) is 4.55. The second-order valence-electron chi connectivity index (χ2n) is 6.67. The van der Waals surface area contributed by atoms with Crippen LogP contribution in [0.5, 0.6) is 11.5 Å². The lowest BCUT2D eigenvalue weighted by Gasteiger charge is -2.10. The molecule has 0 fully saturated rings. The van der Waals surface area contributed by atoms with Gasteiger partial charge in [0.1, 0.15) is 6.61 Å². The summed E-state index contributed by atoms with van der Waals surface area (Å²) in [7, 11) is 3.44. The van der Waals surface area contributed by atoms with Gasteiger partial charge in [-0.2, -0.15) is 0 Å². The predicted molar refractivity (Wildman–Crippen MR) is 122 cm³/mol. The molecule has 0 aliphatic heterocycles. The van der Waals surface area contributed by atoms with Gasteiger partial charge in [0.2, 0.25) is 5.91 Å². The number of thiazole rings is 1. The summed E-state index contributed by atoms with van der Waals surface area (Å²) >= 11 is 2.77. The molecule has 2 heterocycles. The lowest BCUT2D eigenvalue weighted by Crippen LogP contribution is -2.14. The van der Waals surface area contributed by atoms with Crippen molar-refractivity contribution in [2.24, 2.45) is 7.05 Å². The number of nitrogens with zero attached hydrogens (tertiary/aromatic N) is 4. The van der Waals surface area contributed by atoms with E-state index in [0.717, 1.165) is 15.8 Å². The number of thioether (sulfide) groups is 1. The molecule has 4 rings (SSSR count). The van der Waals surface area contributed by atoms with Crippen LogP contribution in [-0.2, 0) is 18.4 Å². The number of para-hydroxylation sites is 3. The van der Waals surface area contributed by atoms with Gasteiger partial charge in [-0.3, -0.25) is 4.79 Å². The van der Waals surface area contributed by atoms with Crippen molar-refractivity contribution in [1.29, 1.82) is 0 Å². The number of amides is 1. The lowest BCUT2D eigenvalue weighted by molar-refractivity contribution is -0.113. The molecule has 0 aliphatic carbocycles. The summed E-state index contributed by atoms with van der Waals surface area (Å²) in [6.45, 7) is 2.24. The number of rotatable bonds is 8. The Morgan fingerprint density at radius 1 is 1.16 bits per heavy atom. The average molecular weight is 456 g/mol. The van der Waals surface area contributed by atoms with E-state index in [-0.39, 0.29) is 18.3 Å². The Hall–Kier alpha value is -3.11. The summed E-state index contributed by atoms with van der Waals surface area (Å²) < 4.78 is 14.0. The fourth-order valence-electron chi connectivity index (χ4n) is 2.90. The first-order valence-corrected chi connectivity index (χ1v) is 11.3. The van der Waals surface area contributed by atoms with Crippen LogP contribution < -0.4 is 14.8 Å². The van der Waals surface area contributed by atoms with Gasteiger partial charge in [0, 0.05) is 7.05 Å². The molecule has 2 aromatic carbocycles. The van der Waals surface area contributed by atoms with Crippen LogP contribution >= 0.6 is 23.1 Å². The molecule has 1 N–H and O–H groups in total. The number of carbonyl (C=O) groups excluding carboxylic acids is 1. The zero-order chi connectivity index (χ0) is 21.8. The van der Waals surface area contributed by atoms with Crippen LogP contribution in [0, 0.1) is 6.92 Å². The van der Waals surface area contributed by atoms with Crippen LogP contribution in [0.25, 0.3) is 10.2 Å². The number of aryl methyl sites for hydroxylation is 1. The summed E-state index contributed by atoms with van der Waals surface area (Å²) in [5, 5.41) is 12.4. The molecule has 0 atom stereocenters. The highest BCUT2D eigenvalue weighted by Crippen LogP contribution is 2.29. The molecule has 8 nitrogen and oxygen atoms in total. The van der Waals surface area contributed by atoms with Crippen LogP contribution in [0.2, 0.25) is 0 Å². The Bertz CT molecular complexity index is 1220. The number of carbonyl (C=O) groups is 1. The fourth-order valence-corrected chi connectivity index (χ4v) is 4.59. The third-order valence-corrected chi connectivity index (χ3v) is 6.51. The van der Waals surface area contributed by atoms with E-state index in [0.29, 0.717) is 27.6 Å². The molecule has 4 aromatic rings. The summed E-state index contributed by atoms with van der Waals surface area (Å²) in [5.41, 5.74) is 2.01. The minimum atomic E-state index is -0.142. The normalized spacial score (nSPS) is 10.9. The third kappa shape index (κ3) is 4.80. The highest BCUT2D eigenvalue weighted by atomic mass is 32.2. The molecule has 0 spiro atoms. The van der Waals surface area contributed by atoms with Gasteiger partial charge in [-0.25, -0.2) is 4.98 Å². The van der Waals surface area contributed by atoms with E-state index >= 15 is 0 Å². The minimum Gasteiger partial charge on any atom is -0.493 e. The highest BCUT2D eigenvalue weighted by Gasteiger charge is 2.14. The van der Waals surface area contributed by atoms with Gasteiger partial charge in [0.05, 0.1) is 23.1 Å². The molecule has 31 heavy (non-hydrogen) atoms. The Labute approximate surface area is 187 Å². The first kappa shape index (κ1) is 21.1. The van der Waals surface area contributed by atoms with E-state index in [2.05, 4.69) is 20.5 Å². The van der Waals surface area contributed by atoms with Crippen LogP contribution in [0.4, 0.5) is 5.13 Å². The summed E-state index contributed by atoms with van der Waals surface area (Å²) in [6, 6.07) is 13.4. The Balaban J connectivity index is 1.34. The van der Waals surface area contributed by atoms with Crippen molar-refractivity contribution >= 4 is 44.4 Å². The smallest absolute Gasteiger partial charge is 0.236 e. The molecule has 0 unspecified atom stereocenters. The first-order chi connectivity index (χ1) is 15.0. The molecule has 0 aliphatic rings. The number of anilines is 1. The summed E-state index contributed by atoms with van der Waals surface area (Å²) in [4.78, 5) is 16.9. The molecule has 160 valence electrons. The maximum absolute atomic E-state index is 12.4. The summed E-state index contributed by atoms with van der Waals surface area (Å²) in [5.74, 6) is 1.99. The predicted octanol–water partition coefficient (Wildman–Crippen LogP) is 4.05. The number of methoxy groups -OCH3 is 1. The second-order valence-corrected chi connectivity index (χ2v) is 8.65. The number of ether oxygens (including phenoxy) is 2. The van der Waals surface area contributed by atoms with E-state index in [4.69, 9.17) is 9.47 Å². The molecule has 10 heteroatoms. The van der Waals surface area contributed by atoms with Gasteiger partial charge in [-0.05, 0) is 30.7 Å². The van der Waals surface area contributed by atoms with E-state index in [1.807, 2.05) is 61.0 Å². The number of benzene rings is 2. The standard InChI is InChI=1S/C21H21N5O3S2/c1-13-7-6-10-16-19(13)23-20(31-16)22-18(27)12-30-21-25-24-17(26(21)2)11-29-15-9-5-4-8-14(15)28-3/h4-10H,11-12H2,1-3H3,(H,22,23,27). The summed E-state index contributed by atoms with van der Waals surface area (Å²) in [6.07, 6.45) is 0. The Morgan fingerprint density at radius 2 is 1.97 bits per heavy atom. The van der Waals surface area contributed by atoms with Gasteiger partial charge in [0.15, 0.2) is 27.6 Å². The van der Waals surface area contributed by atoms with Crippen molar-refractivity contribution in [3.63, 3.8) is 0 Å². The van der Waals surface area contributed by atoms with E-state index in [9.17, 15) is 4.79 Å². The molecule has 2 aromatic heterocycles. The quantitative estimate of drug-likeness (QED) is 0.401. The Kier molecular flexibility index (Phi) is 6.38. The van der Waals surface area contributed by atoms with E-state index in [1.54, 1.807) is 7.11 Å². The van der Waals surface area contributed by atoms with Crippen molar-refractivity contribution in [2.45, 2.75) is 18.7 Å². The zero-order valence-electron chi connectivity index (χ0n) is 17.3. The van der Waals surface area contributed by atoms with Gasteiger partial charge in [0.25, 0.3) is 0 Å². The van der Waals surface area contributed by atoms with Crippen molar-refractivity contribution in [1.82, 2.24) is 19.7 Å². The SMILES string of the molecule is COc1ccccc1OCc1nnc(SCC(=O)Nc2nc3c(C)cccc3s2)n1C. The zero-order valence-corrected chi connectivity index (χ0v) is 18.9. The van der Waals surface area contributed by atoms with Crippen molar-refractivity contribution in [3.8, 4) is 11.5 Å². The molecule has 0 saturated carbocycles. The van der Waals surface area contributed by atoms with Gasteiger partial charge >= 0.3 is 0 Å². The molecule has 0 radical (unpaired) electrons. The van der Waals surface area contributed by atoms with Crippen molar-refractivity contribution < 1.29 is 14.3 Å². The largest absolute Gasteiger partial charge is 0.493 e. The first-order valence-electron chi connectivity index (χ1n) is 9.48. The molecule has 0 saturated heterocycles. The second kappa shape index (κ2) is 9.36.